The maximum absolute atomic E-state index is 13.4. The van der Waals surface area contributed by atoms with E-state index in [-0.39, 0.29) is 24.4 Å². The molecule has 0 saturated carbocycles. The van der Waals surface area contributed by atoms with E-state index in [2.05, 4.69) is 47.4 Å². The van der Waals surface area contributed by atoms with Crippen LogP contribution < -0.4 is 5.32 Å². The van der Waals surface area contributed by atoms with Gasteiger partial charge in [0.15, 0.2) is 15.4 Å². The summed E-state index contributed by atoms with van der Waals surface area (Å²) in [4.78, 5) is 20.3. The van der Waals surface area contributed by atoms with Crippen LogP contribution in [0.4, 0.5) is 0 Å². The monoisotopic (exact) mass is 612 g/mol. The maximum atomic E-state index is 13.4. The van der Waals surface area contributed by atoms with Crippen LogP contribution in [-0.2, 0) is 21.1 Å². The smallest absolute Gasteiger partial charge is 0.226 e. The third-order valence-electron chi connectivity index (χ3n) is 8.45. The van der Waals surface area contributed by atoms with Crippen LogP contribution in [0.25, 0.3) is 11.1 Å². The Morgan fingerprint density at radius 3 is 2.43 bits per heavy atom. The highest BCUT2D eigenvalue weighted by Crippen LogP contribution is 2.39. The molecule has 1 aliphatic heterocycles. The van der Waals surface area contributed by atoms with Crippen LogP contribution in [0.5, 0.6) is 0 Å². The molecule has 1 amide bonds. The summed E-state index contributed by atoms with van der Waals surface area (Å²) in [5.74, 6) is 1.13. The number of carbonyl (C=O) groups is 1. The third-order valence-corrected chi connectivity index (χ3v) is 9.95. The molecule has 2 aromatic carbocycles. The van der Waals surface area contributed by atoms with E-state index in [1.54, 1.807) is 6.07 Å². The van der Waals surface area contributed by atoms with Crippen LogP contribution in [0.3, 0.4) is 0 Å². The Balaban J connectivity index is 1.26. The van der Waals surface area contributed by atoms with Crippen molar-refractivity contribution in [3.8, 4) is 0 Å². The molecule has 9 nitrogen and oxygen atoms in total. The quantitative estimate of drug-likeness (QED) is 0.238. The maximum Gasteiger partial charge on any atom is 0.226 e. The second-order valence-electron chi connectivity index (χ2n) is 11.8. The number of aryl methyl sites for hydroxylation is 4. The van der Waals surface area contributed by atoms with E-state index >= 15 is 0 Å². The zero-order chi connectivity index (χ0) is 31.2. The molecule has 5 aromatic rings. The highest BCUT2D eigenvalue weighted by Gasteiger charge is 2.42. The Labute approximate surface area is 257 Å². The van der Waals surface area contributed by atoms with Crippen molar-refractivity contribution in [3.05, 3.63) is 117 Å². The van der Waals surface area contributed by atoms with Gasteiger partial charge in [-0.2, -0.15) is 0 Å². The molecule has 0 spiro atoms. The molecule has 1 saturated heterocycles. The Kier molecular flexibility index (Phi) is 7.89. The molecule has 44 heavy (non-hydrogen) atoms. The van der Waals surface area contributed by atoms with Crippen LogP contribution in [0.1, 0.15) is 62.8 Å². The van der Waals surface area contributed by atoms with Crippen LogP contribution >= 0.6 is 0 Å². The first-order valence-corrected chi connectivity index (χ1v) is 16.6. The highest BCUT2D eigenvalue weighted by atomic mass is 32.2. The number of carbonyl (C=O) groups excluding carboxylic acids is 1. The number of aromatic nitrogens is 2. The summed E-state index contributed by atoms with van der Waals surface area (Å²) >= 11 is 0. The topological polar surface area (TPSA) is 119 Å². The van der Waals surface area contributed by atoms with E-state index in [1.807, 2.05) is 56.3 Å². The van der Waals surface area contributed by atoms with Crippen LogP contribution in [0.15, 0.2) is 75.7 Å². The highest BCUT2D eigenvalue weighted by molar-refractivity contribution is 7.91. The number of sulfone groups is 1. The lowest BCUT2D eigenvalue weighted by molar-refractivity contribution is -0.121. The van der Waals surface area contributed by atoms with Gasteiger partial charge in [0.05, 0.1) is 35.1 Å². The lowest BCUT2D eigenvalue weighted by Crippen LogP contribution is -2.55. The number of hydrogen-bond donors (Lipinski definition) is 1. The number of furan rings is 1. The molecule has 1 N–H and O–H groups in total. The number of fused-ring (bicyclic) bond motifs is 1. The lowest BCUT2D eigenvalue weighted by Gasteiger charge is -2.42. The summed E-state index contributed by atoms with van der Waals surface area (Å²) < 4.78 is 36.0. The average molecular weight is 613 g/mol. The molecule has 4 heterocycles. The summed E-state index contributed by atoms with van der Waals surface area (Å²) in [7, 11) is -3.16. The summed E-state index contributed by atoms with van der Waals surface area (Å²) in [5.41, 5.74) is 7.73. The van der Waals surface area contributed by atoms with Gasteiger partial charge < -0.3 is 14.3 Å². The molecular formula is C34H36N4O5S. The minimum atomic E-state index is -3.16. The van der Waals surface area contributed by atoms with Crippen LogP contribution in [0, 0.1) is 27.7 Å². The van der Waals surface area contributed by atoms with E-state index in [0.717, 1.165) is 27.9 Å². The fourth-order valence-corrected chi connectivity index (χ4v) is 6.99. The van der Waals surface area contributed by atoms with Gasteiger partial charge in [0.25, 0.3) is 0 Å². The summed E-state index contributed by atoms with van der Waals surface area (Å²) in [6.07, 6.45) is 1.37. The van der Waals surface area contributed by atoms with Gasteiger partial charge in [-0.25, -0.2) is 13.4 Å². The molecule has 228 valence electrons. The Hall–Kier alpha value is -4.28. The van der Waals surface area contributed by atoms with E-state index < -0.39 is 15.1 Å². The normalized spacial score (nSPS) is 15.7. The van der Waals surface area contributed by atoms with Gasteiger partial charge in [0.2, 0.25) is 5.91 Å². The lowest BCUT2D eigenvalue weighted by atomic mass is 9.93. The Morgan fingerprint density at radius 1 is 1.02 bits per heavy atom. The predicted octanol–water partition coefficient (Wildman–Crippen LogP) is 5.32. The van der Waals surface area contributed by atoms with Gasteiger partial charge >= 0.3 is 0 Å². The SMILES string of the molecule is Cc1ccc([C@@H](NC(=O)Cc2ccc3oc(C(c4c(C)noc4C)N4CC(S(C)(=O)=O)C4)cc3n2)c2ccccc2)c(C)c1. The molecule has 6 rings (SSSR count). The van der Waals surface area contributed by atoms with Gasteiger partial charge in [-0.05, 0) is 56.5 Å². The number of amides is 1. The van der Waals surface area contributed by atoms with Crippen molar-refractivity contribution >= 4 is 26.8 Å². The molecule has 1 fully saturated rings. The first kappa shape index (κ1) is 29.8. The van der Waals surface area contributed by atoms with Crippen molar-refractivity contribution in [1.29, 1.82) is 0 Å². The minimum Gasteiger partial charge on any atom is -0.457 e. The van der Waals surface area contributed by atoms with Crippen molar-refractivity contribution < 1.29 is 22.2 Å². The van der Waals surface area contributed by atoms with Crippen molar-refractivity contribution in [1.82, 2.24) is 20.4 Å². The average Bonchev–Trinajstić information content (AvgIpc) is 3.51. The largest absolute Gasteiger partial charge is 0.457 e. The van der Waals surface area contributed by atoms with Gasteiger partial charge in [0, 0.05) is 31.0 Å². The van der Waals surface area contributed by atoms with Crippen molar-refractivity contribution in [2.24, 2.45) is 0 Å². The molecule has 0 aliphatic carbocycles. The second kappa shape index (κ2) is 11.7. The molecular weight excluding hydrogens is 576 g/mol. The van der Waals surface area contributed by atoms with Gasteiger partial charge in [-0.3, -0.25) is 9.69 Å². The predicted molar refractivity (Wildman–Crippen MR) is 168 cm³/mol. The van der Waals surface area contributed by atoms with Crippen molar-refractivity contribution in [2.75, 3.05) is 19.3 Å². The Bertz CT molecular complexity index is 1920. The molecule has 1 unspecified atom stereocenters. The number of nitrogens with one attached hydrogen (secondary N) is 1. The number of rotatable bonds is 9. The molecule has 0 radical (unpaired) electrons. The summed E-state index contributed by atoms with van der Waals surface area (Å²) in [5, 5.41) is 6.93. The zero-order valence-electron chi connectivity index (χ0n) is 25.5. The standard InChI is InChI=1S/C34H36N4O5S/c1-20-11-13-27(21(2)15-20)33(24-9-7-6-8-10-24)36-31(39)16-25-12-14-29-28(35-25)17-30(42-29)34(32-22(3)37-43-23(32)4)38-18-26(19-38)44(5,40)41/h6-15,17,26,33-34H,16,18-19H2,1-5H3,(H,36,39)/t33-,34?/m0/s1. The molecule has 2 atom stereocenters. The van der Waals surface area contributed by atoms with E-state index in [1.165, 1.54) is 11.8 Å². The van der Waals surface area contributed by atoms with Crippen LogP contribution in [-0.4, -0.2) is 54.0 Å². The zero-order valence-corrected chi connectivity index (χ0v) is 26.3. The van der Waals surface area contributed by atoms with E-state index in [9.17, 15) is 13.2 Å². The first-order valence-electron chi connectivity index (χ1n) is 14.6. The van der Waals surface area contributed by atoms with Gasteiger partial charge in [0.1, 0.15) is 17.0 Å². The third kappa shape index (κ3) is 5.92. The molecule has 3 aromatic heterocycles. The molecule has 1 aliphatic rings. The minimum absolute atomic E-state index is 0.0974. The fourth-order valence-electron chi connectivity index (χ4n) is 6.07. The van der Waals surface area contributed by atoms with E-state index in [0.29, 0.717) is 41.4 Å². The number of pyridine rings is 1. The second-order valence-corrected chi connectivity index (χ2v) is 14.2. The summed E-state index contributed by atoms with van der Waals surface area (Å²) in [6.45, 7) is 8.59. The van der Waals surface area contributed by atoms with Gasteiger partial charge in [-0.1, -0.05) is 59.3 Å². The Morgan fingerprint density at radius 2 is 1.77 bits per heavy atom. The number of benzene rings is 2. The van der Waals surface area contributed by atoms with Crippen molar-refractivity contribution in [2.45, 2.75) is 51.4 Å². The van der Waals surface area contributed by atoms with Crippen LogP contribution in [0.2, 0.25) is 0 Å². The van der Waals surface area contributed by atoms with E-state index in [4.69, 9.17) is 13.9 Å². The molecule has 0 bridgehead atoms. The first-order chi connectivity index (χ1) is 21.0. The number of hydrogen-bond acceptors (Lipinski definition) is 8. The van der Waals surface area contributed by atoms with Gasteiger partial charge in [-0.15, -0.1) is 0 Å². The molecule has 10 heteroatoms. The van der Waals surface area contributed by atoms with Crippen molar-refractivity contribution in [3.63, 3.8) is 0 Å². The fraction of sp³-hybridized carbons (Fsp3) is 0.324. The summed E-state index contributed by atoms with van der Waals surface area (Å²) in [6, 6.07) is 21.0. The number of likely N-dealkylation sites (tertiary alicyclic amines) is 1. The number of nitrogens with zero attached hydrogens (tertiary/aromatic N) is 3.